The van der Waals surface area contributed by atoms with Crippen LogP contribution < -0.4 is 9.62 Å². The summed E-state index contributed by atoms with van der Waals surface area (Å²) >= 11 is 0. The number of rotatable bonds is 12. The summed E-state index contributed by atoms with van der Waals surface area (Å²) in [4.78, 5) is 27.3. The van der Waals surface area contributed by atoms with Crippen molar-refractivity contribution in [2.45, 2.75) is 59.5 Å². The van der Waals surface area contributed by atoms with Crippen LogP contribution in [0.15, 0.2) is 48.5 Å². The third-order valence-corrected chi connectivity index (χ3v) is 7.10. The summed E-state index contributed by atoms with van der Waals surface area (Å²) in [6.45, 7) is 8.56. The second-order valence-corrected chi connectivity index (χ2v) is 10.4. The number of hydrogen-bond acceptors (Lipinski definition) is 4. The Morgan fingerprint density at radius 3 is 2.24 bits per heavy atom. The molecule has 0 aliphatic rings. The Kier molecular flexibility index (Phi) is 10.1. The van der Waals surface area contributed by atoms with E-state index >= 15 is 0 Å². The Hall–Kier alpha value is -2.87. The molecule has 0 bridgehead atoms. The highest BCUT2D eigenvalue weighted by atomic mass is 32.2. The number of nitrogens with one attached hydrogen (secondary N) is 1. The van der Waals surface area contributed by atoms with E-state index in [0.717, 1.165) is 23.1 Å². The first kappa shape index (κ1) is 27.4. The van der Waals surface area contributed by atoms with Crippen molar-refractivity contribution in [3.63, 3.8) is 0 Å². The monoisotopic (exact) mass is 487 g/mol. The van der Waals surface area contributed by atoms with Gasteiger partial charge in [0, 0.05) is 26.1 Å². The number of likely N-dealkylation sites (N-methyl/N-ethyl adjacent to an activating group) is 1. The molecule has 0 aromatic heterocycles. The summed E-state index contributed by atoms with van der Waals surface area (Å²) in [5.74, 6) is -0.394. The molecule has 186 valence electrons. The van der Waals surface area contributed by atoms with Crippen molar-refractivity contribution < 1.29 is 18.0 Å². The van der Waals surface area contributed by atoms with E-state index in [2.05, 4.69) is 5.32 Å². The number of benzene rings is 2. The molecular weight excluding hydrogens is 450 g/mol. The SMILES string of the molecule is CCNC(=O)C(C)N(Cc1ccccc1C)C(=O)CCCN(c1ccc(CC)cc1)S(C)(=O)=O. The molecule has 0 aliphatic heterocycles. The van der Waals surface area contributed by atoms with Gasteiger partial charge < -0.3 is 10.2 Å². The number of sulfonamides is 1. The zero-order chi connectivity index (χ0) is 25.3. The van der Waals surface area contributed by atoms with E-state index in [1.807, 2.05) is 57.2 Å². The van der Waals surface area contributed by atoms with E-state index in [9.17, 15) is 18.0 Å². The number of aryl methyl sites for hydroxylation is 2. The second kappa shape index (κ2) is 12.6. The van der Waals surface area contributed by atoms with Gasteiger partial charge in [-0.2, -0.15) is 0 Å². The maximum atomic E-state index is 13.2. The largest absolute Gasteiger partial charge is 0.355 e. The number of carbonyl (C=O) groups excluding carboxylic acids is 2. The third kappa shape index (κ3) is 7.58. The van der Waals surface area contributed by atoms with E-state index in [1.165, 1.54) is 10.6 Å². The van der Waals surface area contributed by atoms with E-state index in [1.54, 1.807) is 24.0 Å². The molecule has 2 aromatic carbocycles. The lowest BCUT2D eigenvalue weighted by molar-refractivity contribution is -0.140. The minimum Gasteiger partial charge on any atom is -0.355 e. The van der Waals surface area contributed by atoms with Crippen LogP contribution in [0.2, 0.25) is 0 Å². The molecule has 34 heavy (non-hydrogen) atoms. The van der Waals surface area contributed by atoms with Gasteiger partial charge in [-0.1, -0.05) is 43.3 Å². The minimum absolute atomic E-state index is 0.134. The highest BCUT2D eigenvalue weighted by molar-refractivity contribution is 7.92. The van der Waals surface area contributed by atoms with Gasteiger partial charge in [-0.05, 0) is 62.4 Å². The number of anilines is 1. The summed E-state index contributed by atoms with van der Waals surface area (Å²) in [5.41, 5.74) is 3.72. The van der Waals surface area contributed by atoms with Crippen molar-refractivity contribution in [3.05, 3.63) is 65.2 Å². The van der Waals surface area contributed by atoms with Gasteiger partial charge >= 0.3 is 0 Å². The van der Waals surface area contributed by atoms with Crippen molar-refractivity contribution in [1.82, 2.24) is 10.2 Å². The zero-order valence-corrected chi connectivity index (χ0v) is 21.7. The summed E-state index contributed by atoms with van der Waals surface area (Å²) < 4.78 is 26.2. The lowest BCUT2D eigenvalue weighted by Crippen LogP contribution is -2.47. The molecule has 0 aliphatic carbocycles. The quantitative estimate of drug-likeness (QED) is 0.495. The molecule has 1 atom stereocenters. The van der Waals surface area contributed by atoms with Crippen LogP contribution in [0.25, 0.3) is 0 Å². The molecule has 0 fully saturated rings. The maximum Gasteiger partial charge on any atom is 0.242 e. The van der Waals surface area contributed by atoms with Gasteiger partial charge in [-0.25, -0.2) is 8.42 Å². The van der Waals surface area contributed by atoms with Crippen molar-refractivity contribution in [1.29, 1.82) is 0 Å². The van der Waals surface area contributed by atoms with Crippen LogP contribution in [-0.2, 0) is 32.6 Å². The third-order valence-electron chi connectivity index (χ3n) is 5.90. The number of hydrogen-bond donors (Lipinski definition) is 1. The maximum absolute atomic E-state index is 13.2. The van der Waals surface area contributed by atoms with Gasteiger partial charge in [0.1, 0.15) is 6.04 Å². The first-order valence-electron chi connectivity index (χ1n) is 11.8. The number of amides is 2. The average molecular weight is 488 g/mol. The standard InChI is InChI=1S/C26H37N3O4S/c1-6-22-14-16-24(17-15-22)29(34(5,32)33)18-10-13-25(30)28(21(4)26(31)27-7-2)19-23-12-9-8-11-20(23)3/h8-9,11-12,14-17,21H,6-7,10,13,18-19H2,1-5H3,(H,27,31). The molecule has 0 heterocycles. The van der Waals surface area contributed by atoms with Gasteiger partial charge in [0.2, 0.25) is 21.8 Å². The van der Waals surface area contributed by atoms with Crippen LogP contribution in [0.4, 0.5) is 5.69 Å². The molecule has 2 aromatic rings. The summed E-state index contributed by atoms with van der Waals surface area (Å²) in [5, 5.41) is 2.79. The van der Waals surface area contributed by atoms with Crippen molar-refractivity contribution in [3.8, 4) is 0 Å². The normalized spacial score (nSPS) is 12.1. The molecule has 7 nitrogen and oxygen atoms in total. The fourth-order valence-electron chi connectivity index (χ4n) is 3.78. The summed E-state index contributed by atoms with van der Waals surface area (Å²) in [6.07, 6.45) is 2.51. The fraction of sp³-hybridized carbons (Fsp3) is 0.462. The minimum atomic E-state index is -3.50. The predicted molar refractivity (Wildman–Crippen MR) is 137 cm³/mol. The number of nitrogens with zero attached hydrogens (tertiary/aromatic N) is 2. The zero-order valence-electron chi connectivity index (χ0n) is 20.9. The Balaban J connectivity index is 2.15. The molecule has 0 saturated carbocycles. The molecule has 1 unspecified atom stereocenters. The van der Waals surface area contributed by atoms with E-state index in [4.69, 9.17) is 0 Å². The number of carbonyl (C=O) groups is 2. The first-order valence-corrected chi connectivity index (χ1v) is 13.6. The van der Waals surface area contributed by atoms with Gasteiger partial charge in [0.25, 0.3) is 0 Å². The van der Waals surface area contributed by atoms with Crippen molar-refractivity contribution in [2.24, 2.45) is 0 Å². The van der Waals surface area contributed by atoms with Crippen LogP contribution in [0.3, 0.4) is 0 Å². The molecule has 0 spiro atoms. The second-order valence-electron chi connectivity index (χ2n) is 8.48. The highest BCUT2D eigenvalue weighted by Gasteiger charge is 2.26. The van der Waals surface area contributed by atoms with Gasteiger partial charge in [0.15, 0.2) is 0 Å². The Bertz CT molecular complexity index is 1070. The molecule has 2 amide bonds. The molecule has 0 radical (unpaired) electrons. The fourth-order valence-corrected chi connectivity index (χ4v) is 4.74. The van der Waals surface area contributed by atoms with Crippen LogP contribution in [0.5, 0.6) is 0 Å². The molecular formula is C26H37N3O4S. The Morgan fingerprint density at radius 2 is 1.68 bits per heavy atom. The lowest BCUT2D eigenvalue weighted by atomic mass is 10.1. The first-order chi connectivity index (χ1) is 16.1. The predicted octanol–water partition coefficient (Wildman–Crippen LogP) is 3.66. The van der Waals surface area contributed by atoms with Crippen LogP contribution in [0, 0.1) is 6.92 Å². The van der Waals surface area contributed by atoms with Crippen LogP contribution in [0.1, 0.15) is 50.3 Å². The van der Waals surface area contributed by atoms with E-state index in [0.29, 0.717) is 25.2 Å². The average Bonchev–Trinajstić information content (AvgIpc) is 2.80. The van der Waals surface area contributed by atoms with Crippen molar-refractivity contribution in [2.75, 3.05) is 23.7 Å². The molecule has 8 heteroatoms. The topological polar surface area (TPSA) is 86.8 Å². The lowest BCUT2D eigenvalue weighted by Gasteiger charge is -2.30. The molecule has 2 rings (SSSR count). The summed E-state index contributed by atoms with van der Waals surface area (Å²) in [7, 11) is -3.50. The Morgan fingerprint density at radius 1 is 1.03 bits per heavy atom. The Labute approximate surface area is 204 Å². The van der Waals surface area contributed by atoms with Gasteiger partial charge in [-0.15, -0.1) is 0 Å². The van der Waals surface area contributed by atoms with Crippen molar-refractivity contribution >= 4 is 27.5 Å². The van der Waals surface area contributed by atoms with Crippen LogP contribution in [-0.4, -0.2) is 50.5 Å². The van der Waals surface area contributed by atoms with Gasteiger partial charge in [0.05, 0.1) is 11.9 Å². The smallest absolute Gasteiger partial charge is 0.242 e. The van der Waals surface area contributed by atoms with E-state index in [-0.39, 0.29) is 24.8 Å². The van der Waals surface area contributed by atoms with Gasteiger partial charge in [-0.3, -0.25) is 13.9 Å². The van der Waals surface area contributed by atoms with Crippen LogP contribution >= 0.6 is 0 Å². The van der Waals surface area contributed by atoms with E-state index < -0.39 is 16.1 Å². The molecule has 0 saturated heterocycles. The highest BCUT2D eigenvalue weighted by Crippen LogP contribution is 2.20. The summed E-state index contributed by atoms with van der Waals surface area (Å²) in [6, 6.07) is 14.5. The molecule has 1 N–H and O–H groups in total.